The van der Waals surface area contributed by atoms with Gasteiger partial charge in [0.05, 0.1) is 31.0 Å². The largest absolute Gasteiger partial charge is 0.493 e. The number of nitriles is 1. The van der Waals surface area contributed by atoms with Crippen molar-refractivity contribution < 1.29 is 14.2 Å². The van der Waals surface area contributed by atoms with Crippen molar-refractivity contribution in [2.24, 2.45) is 0 Å². The molecule has 0 spiro atoms. The van der Waals surface area contributed by atoms with E-state index >= 15 is 0 Å². The summed E-state index contributed by atoms with van der Waals surface area (Å²) >= 11 is 5.91. The van der Waals surface area contributed by atoms with Crippen LogP contribution in [0.5, 0.6) is 23.0 Å². The highest BCUT2D eigenvalue weighted by molar-refractivity contribution is 6.30. The molecule has 4 aromatic rings. The lowest BCUT2D eigenvalue weighted by atomic mass is 10.1. The molecular formula is C24H18ClN3O3. The predicted molar refractivity (Wildman–Crippen MR) is 121 cm³/mol. The van der Waals surface area contributed by atoms with Crippen molar-refractivity contribution in [3.05, 3.63) is 77.4 Å². The molecule has 0 fully saturated rings. The fraction of sp³-hybridized carbons (Fsp3) is 0.0833. The van der Waals surface area contributed by atoms with Gasteiger partial charge >= 0.3 is 0 Å². The lowest BCUT2D eigenvalue weighted by Crippen LogP contribution is -1.98. The number of pyridine rings is 1. The maximum absolute atomic E-state index is 9.60. The van der Waals surface area contributed by atoms with Gasteiger partial charge in [-0.05, 0) is 54.6 Å². The van der Waals surface area contributed by atoms with Crippen LogP contribution in [-0.2, 0) is 0 Å². The van der Waals surface area contributed by atoms with Gasteiger partial charge in [0, 0.05) is 28.4 Å². The monoisotopic (exact) mass is 431 g/mol. The Morgan fingerprint density at radius 1 is 0.903 bits per heavy atom. The highest BCUT2D eigenvalue weighted by Crippen LogP contribution is 2.37. The van der Waals surface area contributed by atoms with Gasteiger partial charge in [0.25, 0.3) is 0 Å². The third kappa shape index (κ3) is 4.32. The molecule has 1 N–H and O–H groups in total. The zero-order chi connectivity index (χ0) is 21.8. The first-order valence-corrected chi connectivity index (χ1v) is 9.74. The fourth-order valence-electron chi connectivity index (χ4n) is 3.13. The van der Waals surface area contributed by atoms with Crippen LogP contribution in [0, 0.1) is 11.3 Å². The maximum Gasteiger partial charge on any atom is 0.162 e. The summed E-state index contributed by atoms with van der Waals surface area (Å²) in [5, 5.41) is 14.3. The second-order valence-corrected chi connectivity index (χ2v) is 7.02. The van der Waals surface area contributed by atoms with E-state index in [0.717, 1.165) is 11.1 Å². The molecule has 0 amide bonds. The van der Waals surface area contributed by atoms with E-state index in [1.807, 2.05) is 30.3 Å². The minimum atomic E-state index is 0.418. The van der Waals surface area contributed by atoms with Crippen LogP contribution < -0.4 is 19.5 Å². The van der Waals surface area contributed by atoms with E-state index in [1.165, 1.54) is 6.20 Å². The predicted octanol–water partition coefficient (Wildman–Crippen LogP) is 6.31. The molecule has 1 aromatic heterocycles. The van der Waals surface area contributed by atoms with Crippen LogP contribution >= 0.6 is 11.6 Å². The van der Waals surface area contributed by atoms with E-state index in [1.54, 1.807) is 44.6 Å². The maximum atomic E-state index is 9.60. The molecule has 0 bridgehead atoms. The third-order valence-electron chi connectivity index (χ3n) is 4.67. The van der Waals surface area contributed by atoms with Gasteiger partial charge < -0.3 is 19.5 Å². The summed E-state index contributed by atoms with van der Waals surface area (Å²) in [5.74, 6) is 2.50. The van der Waals surface area contributed by atoms with Crippen molar-refractivity contribution in [3.63, 3.8) is 0 Å². The Labute approximate surface area is 184 Å². The molecule has 0 saturated carbocycles. The van der Waals surface area contributed by atoms with Crippen LogP contribution in [0.15, 0.2) is 66.9 Å². The fourth-order valence-corrected chi connectivity index (χ4v) is 3.25. The molecule has 31 heavy (non-hydrogen) atoms. The zero-order valence-corrected chi connectivity index (χ0v) is 17.6. The van der Waals surface area contributed by atoms with Crippen molar-refractivity contribution in [3.8, 4) is 29.1 Å². The molecule has 6 nitrogen and oxygen atoms in total. The molecular weight excluding hydrogens is 414 g/mol. The van der Waals surface area contributed by atoms with E-state index < -0.39 is 0 Å². The van der Waals surface area contributed by atoms with E-state index in [2.05, 4.69) is 16.4 Å². The van der Waals surface area contributed by atoms with Crippen LogP contribution in [0.4, 0.5) is 11.4 Å². The van der Waals surface area contributed by atoms with Gasteiger partial charge in [-0.25, -0.2) is 0 Å². The van der Waals surface area contributed by atoms with Crippen LogP contribution in [0.1, 0.15) is 5.56 Å². The van der Waals surface area contributed by atoms with Crippen molar-refractivity contribution in [1.82, 2.24) is 4.98 Å². The van der Waals surface area contributed by atoms with Crippen molar-refractivity contribution >= 4 is 33.9 Å². The van der Waals surface area contributed by atoms with E-state index in [9.17, 15) is 5.26 Å². The minimum Gasteiger partial charge on any atom is -0.493 e. The topological polar surface area (TPSA) is 76.4 Å². The van der Waals surface area contributed by atoms with Gasteiger partial charge in [-0.2, -0.15) is 5.26 Å². The van der Waals surface area contributed by atoms with Crippen molar-refractivity contribution in [2.75, 3.05) is 19.5 Å². The first-order chi connectivity index (χ1) is 15.1. The van der Waals surface area contributed by atoms with Gasteiger partial charge in [-0.15, -0.1) is 0 Å². The average Bonchev–Trinajstić information content (AvgIpc) is 2.81. The number of benzene rings is 3. The van der Waals surface area contributed by atoms with Crippen LogP contribution in [-0.4, -0.2) is 19.2 Å². The molecule has 154 valence electrons. The number of rotatable bonds is 6. The first kappa shape index (κ1) is 20.3. The normalized spacial score (nSPS) is 10.4. The summed E-state index contributed by atoms with van der Waals surface area (Å²) in [6, 6.07) is 20.4. The highest BCUT2D eigenvalue weighted by atomic mass is 35.5. The molecule has 1 heterocycles. The Balaban J connectivity index is 1.65. The number of halogens is 1. The standard InChI is InChI=1S/C24H18ClN3O3/c1-29-22-11-20-21(12-23(22)30-2)27-14-15(13-26)24(20)28-17-5-9-19(10-6-17)31-18-7-3-16(25)4-8-18/h3-12,14H,1-2H3,(H,27,28). The molecule has 7 heteroatoms. The van der Waals surface area contributed by atoms with Crippen molar-refractivity contribution in [1.29, 1.82) is 5.26 Å². The summed E-state index contributed by atoms with van der Waals surface area (Å²) in [4.78, 5) is 4.38. The molecule has 0 radical (unpaired) electrons. The number of nitrogens with one attached hydrogen (secondary N) is 1. The van der Waals surface area contributed by atoms with Crippen LogP contribution in [0.2, 0.25) is 5.02 Å². The smallest absolute Gasteiger partial charge is 0.162 e. The minimum absolute atomic E-state index is 0.418. The summed E-state index contributed by atoms with van der Waals surface area (Å²) in [6.07, 6.45) is 1.54. The van der Waals surface area contributed by atoms with Gasteiger partial charge in [0.1, 0.15) is 17.6 Å². The van der Waals surface area contributed by atoms with Gasteiger partial charge in [-0.3, -0.25) is 4.98 Å². The average molecular weight is 432 g/mol. The number of methoxy groups -OCH3 is 2. The molecule has 0 aliphatic heterocycles. The quantitative estimate of drug-likeness (QED) is 0.385. The number of anilines is 2. The van der Waals surface area contributed by atoms with E-state index in [-0.39, 0.29) is 0 Å². The lowest BCUT2D eigenvalue weighted by molar-refractivity contribution is 0.356. The van der Waals surface area contributed by atoms with E-state index in [4.69, 9.17) is 25.8 Å². The number of hydrogen-bond acceptors (Lipinski definition) is 6. The summed E-state index contributed by atoms with van der Waals surface area (Å²) in [7, 11) is 3.14. The molecule has 0 saturated heterocycles. The lowest BCUT2D eigenvalue weighted by Gasteiger charge is -2.14. The Kier molecular flexibility index (Phi) is 5.78. The summed E-state index contributed by atoms with van der Waals surface area (Å²) in [6.45, 7) is 0. The van der Waals surface area contributed by atoms with Gasteiger partial charge in [0.15, 0.2) is 11.5 Å². The number of hydrogen-bond donors (Lipinski definition) is 1. The number of nitrogens with zero attached hydrogens (tertiary/aromatic N) is 2. The second-order valence-electron chi connectivity index (χ2n) is 6.59. The van der Waals surface area contributed by atoms with Crippen molar-refractivity contribution in [2.45, 2.75) is 0 Å². The summed E-state index contributed by atoms with van der Waals surface area (Å²) in [5.41, 5.74) is 2.53. The second kappa shape index (κ2) is 8.82. The SMILES string of the molecule is COc1cc2ncc(C#N)c(Nc3ccc(Oc4ccc(Cl)cc4)cc3)c2cc1OC. The molecule has 0 aliphatic rings. The third-order valence-corrected chi connectivity index (χ3v) is 4.92. The van der Waals surface area contributed by atoms with Gasteiger partial charge in [0.2, 0.25) is 0 Å². The molecule has 0 aliphatic carbocycles. The molecule has 4 rings (SSSR count). The highest BCUT2D eigenvalue weighted by Gasteiger charge is 2.14. The Bertz CT molecular complexity index is 1270. The van der Waals surface area contributed by atoms with E-state index in [0.29, 0.717) is 44.8 Å². The van der Waals surface area contributed by atoms with Gasteiger partial charge in [-0.1, -0.05) is 11.6 Å². The molecule has 0 atom stereocenters. The van der Waals surface area contributed by atoms with Crippen LogP contribution in [0.25, 0.3) is 10.9 Å². The number of aromatic nitrogens is 1. The zero-order valence-electron chi connectivity index (χ0n) is 16.8. The number of ether oxygens (including phenoxy) is 3. The summed E-state index contributed by atoms with van der Waals surface area (Å²) < 4.78 is 16.6. The Hall–Kier alpha value is -3.95. The number of fused-ring (bicyclic) bond motifs is 1. The Morgan fingerprint density at radius 2 is 1.52 bits per heavy atom. The Morgan fingerprint density at radius 3 is 2.13 bits per heavy atom. The van der Waals surface area contributed by atoms with Crippen LogP contribution in [0.3, 0.4) is 0 Å². The molecule has 3 aromatic carbocycles. The first-order valence-electron chi connectivity index (χ1n) is 9.36. The molecule has 0 unspecified atom stereocenters.